The minimum atomic E-state index is -0.870. The quantitative estimate of drug-likeness (QED) is 0.191. The number of aliphatic carboxylic acids is 3. The van der Waals surface area contributed by atoms with E-state index in [1.165, 1.54) is 38.5 Å². The average Bonchev–Trinajstić information content (AvgIpc) is 2.67. The molecule has 0 aromatic rings. The van der Waals surface area contributed by atoms with E-state index in [9.17, 15) is 19.2 Å². The molecule has 0 saturated carbocycles. The Morgan fingerprint density at radius 1 is 0.533 bits per heavy atom. The summed E-state index contributed by atoms with van der Waals surface area (Å²) < 4.78 is 5.11. The van der Waals surface area contributed by atoms with E-state index < -0.39 is 17.9 Å². The third-order valence-corrected chi connectivity index (χ3v) is 4.31. The van der Waals surface area contributed by atoms with Crippen molar-refractivity contribution < 1.29 is 39.2 Å². The Labute approximate surface area is 180 Å². The Kier molecular flexibility index (Phi) is 23.2. The summed E-state index contributed by atoms with van der Waals surface area (Å²) in [5.41, 5.74) is 0. The second kappa shape index (κ2) is 23.2. The fourth-order valence-electron chi connectivity index (χ4n) is 2.59. The number of esters is 1. The molecule has 0 aliphatic heterocycles. The molecule has 0 bridgehead atoms. The standard InChI is InChI=1S/C16H30O4.C6H10O4/c1-2-3-4-5-6-7-8-11-14-20-16(19)13-10-9-12-15(17)18;7-5(8)3-1-2-4-6(9)10/h2-14H2,1H3,(H,17,18);1-4H2,(H,7,8)(H,9,10). The van der Waals surface area contributed by atoms with Crippen molar-refractivity contribution in [3.63, 3.8) is 0 Å². The van der Waals surface area contributed by atoms with Gasteiger partial charge in [-0.15, -0.1) is 0 Å². The highest BCUT2D eigenvalue weighted by Crippen LogP contribution is 2.09. The number of carboxylic acid groups (broad SMARTS) is 3. The molecule has 0 fully saturated rings. The Morgan fingerprint density at radius 3 is 1.30 bits per heavy atom. The summed E-state index contributed by atoms with van der Waals surface area (Å²) in [6.45, 7) is 2.72. The van der Waals surface area contributed by atoms with E-state index in [0.717, 1.165) is 12.8 Å². The molecular weight excluding hydrogens is 392 g/mol. The van der Waals surface area contributed by atoms with Gasteiger partial charge in [-0.25, -0.2) is 0 Å². The molecule has 0 saturated heterocycles. The topological polar surface area (TPSA) is 138 Å². The minimum Gasteiger partial charge on any atom is -0.481 e. The lowest BCUT2D eigenvalue weighted by atomic mass is 10.1. The van der Waals surface area contributed by atoms with E-state index in [2.05, 4.69) is 6.92 Å². The van der Waals surface area contributed by atoms with Gasteiger partial charge in [-0.05, 0) is 32.1 Å². The van der Waals surface area contributed by atoms with Crippen molar-refractivity contribution in [3.05, 3.63) is 0 Å². The number of hydrogen-bond acceptors (Lipinski definition) is 5. The normalized spacial score (nSPS) is 10.0. The first kappa shape index (κ1) is 30.1. The number of unbranched alkanes of at least 4 members (excludes halogenated alkanes) is 9. The monoisotopic (exact) mass is 432 g/mol. The summed E-state index contributed by atoms with van der Waals surface area (Å²) in [4.78, 5) is 41.4. The maximum absolute atomic E-state index is 11.3. The molecule has 176 valence electrons. The molecule has 30 heavy (non-hydrogen) atoms. The van der Waals surface area contributed by atoms with Crippen molar-refractivity contribution >= 4 is 23.9 Å². The Bertz CT molecular complexity index is 446. The molecule has 0 amide bonds. The smallest absolute Gasteiger partial charge is 0.305 e. The van der Waals surface area contributed by atoms with Crippen LogP contribution in [0.3, 0.4) is 0 Å². The van der Waals surface area contributed by atoms with Crippen molar-refractivity contribution in [1.82, 2.24) is 0 Å². The second-order valence-electron chi connectivity index (χ2n) is 7.29. The molecule has 0 aromatic heterocycles. The number of carboxylic acids is 3. The lowest BCUT2D eigenvalue weighted by Crippen LogP contribution is -2.06. The molecule has 0 unspecified atom stereocenters. The van der Waals surface area contributed by atoms with Crippen molar-refractivity contribution in [2.24, 2.45) is 0 Å². The zero-order valence-corrected chi connectivity index (χ0v) is 18.4. The number of carbonyl (C=O) groups is 4. The van der Waals surface area contributed by atoms with E-state index in [1.807, 2.05) is 0 Å². The molecule has 8 nitrogen and oxygen atoms in total. The molecular formula is C22H40O8. The molecule has 0 aliphatic rings. The predicted octanol–water partition coefficient (Wildman–Crippen LogP) is 5.03. The highest BCUT2D eigenvalue weighted by molar-refractivity contribution is 5.69. The molecule has 0 rings (SSSR count). The second-order valence-corrected chi connectivity index (χ2v) is 7.29. The van der Waals surface area contributed by atoms with Gasteiger partial charge in [-0.1, -0.05) is 51.9 Å². The van der Waals surface area contributed by atoms with Crippen LogP contribution >= 0.6 is 0 Å². The number of hydrogen-bond donors (Lipinski definition) is 3. The van der Waals surface area contributed by atoms with Crippen LogP contribution < -0.4 is 0 Å². The van der Waals surface area contributed by atoms with Crippen LogP contribution in [-0.2, 0) is 23.9 Å². The van der Waals surface area contributed by atoms with Crippen LogP contribution in [0, 0.1) is 0 Å². The first-order valence-corrected chi connectivity index (χ1v) is 11.1. The van der Waals surface area contributed by atoms with Gasteiger partial charge < -0.3 is 20.1 Å². The van der Waals surface area contributed by atoms with Crippen molar-refractivity contribution in [2.75, 3.05) is 6.61 Å². The molecule has 0 aromatic carbocycles. The lowest BCUT2D eigenvalue weighted by molar-refractivity contribution is -0.144. The van der Waals surface area contributed by atoms with Gasteiger partial charge in [0, 0.05) is 25.7 Å². The van der Waals surface area contributed by atoms with Crippen LogP contribution in [0.5, 0.6) is 0 Å². The van der Waals surface area contributed by atoms with Gasteiger partial charge in [-0.2, -0.15) is 0 Å². The number of carbonyl (C=O) groups excluding carboxylic acids is 1. The lowest BCUT2D eigenvalue weighted by Gasteiger charge is -2.04. The van der Waals surface area contributed by atoms with Crippen LogP contribution in [0.25, 0.3) is 0 Å². The van der Waals surface area contributed by atoms with E-state index in [0.29, 0.717) is 38.7 Å². The zero-order chi connectivity index (χ0) is 23.0. The van der Waals surface area contributed by atoms with Gasteiger partial charge in [0.2, 0.25) is 0 Å². The van der Waals surface area contributed by atoms with Crippen molar-refractivity contribution in [3.8, 4) is 0 Å². The summed E-state index contributed by atoms with van der Waals surface area (Å²) in [6.07, 6.45) is 12.5. The van der Waals surface area contributed by atoms with Crippen molar-refractivity contribution in [2.45, 2.75) is 110 Å². The fourth-order valence-corrected chi connectivity index (χ4v) is 2.59. The molecule has 8 heteroatoms. The number of ether oxygens (including phenoxy) is 1. The highest BCUT2D eigenvalue weighted by atomic mass is 16.5. The van der Waals surface area contributed by atoms with Crippen LogP contribution in [0.1, 0.15) is 110 Å². The van der Waals surface area contributed by atoms with Gasteiger partial charge in [0.25, 0.3) is 0 Å². The Morgan fingerprint density at radius 2 is 0.900 bits per heavy atom. The summed E-state index contributed by atoms with van der Waals surface area (Å²) in [5.74, 6) is -2.74. The van der Waals surface area contributed by atoms with Crippen LogP contribution in [0.2, 0.25) is 0 Å². The Hall–Kier alpha value is -2.12. The molecule has 3 N–H and O–H groups in total. The van der Waals surface area contributed by atoms with Crippen LogP contribution in [0.4, 0.5) is 0 Å². The zero-order valence-electron chi connectivity index (χ0n) is 18.4. The first-order valence-electron chi connectivity index (χ1n) is 11.1. The van der Waals surface area contributed by atoms with E-state index >= 15 is 0 Å². The van der Waals surface area contributed by atoms with Gasteiger partial charge in [0.05, 0.1) is 6.61 Å². The summed E-state index contributed by atoms with van der Waals surface area (Å²) in [7, 11) is 0. The maximum atomic E-state index is 11.3. The first-order chi connectivity index (χ1) is 14.3. The largest absolute Gasteiger partial charge is 0.481 e. The molecule has 0 aliphatic carbocycles. The van der Waals surface area contributed by atoms with Gasteiger partial charge in [-0.3, -0.25) is 19.2 Å². The Balaban J connectivity index is 0. The summed E-state index contributed by atoms with van der Waals surface area (Å²) in [6, 6.07) is 0. The van der Waals surface area contributed by atoms with Gasteiger partial charge >= 0.3 is 23.9 Å². The molecule has 0 heterocycles. The molecule has 0 atom stereocenters. The van der Waals surface area contributed by atoms with Gasteiger partial charge in [0.1, 0.15) is 0 Å². The summed E-state index contributed by atoms with van der Waals surface area (Å²) >= 11 is 0. The van der Waals surface area contributed by atoms with E-state index in [4.69, 9.17) is 20.1 Å². The predicted molar refractivity (Wildman–Crippen MR) is 113 cm³/mol. The van der Waals surface area contributed by atoms with Crippen LogP contribution in [-0.4, -0.2) is 45.8 Å². The molecule has 0 spiro atoms. The van der Waals surface area contributed by atoms with Crippen molar-refractivity contribution in [1.29, 1.82) is 0 Å². The number of rotatable bonds is 19. The van der Waals surface area contributed by atoms with Crippen LogP contribution in [0.15, 0.2) is 0 Å². The highest BCUT2D eigenvalue weighted by Gasteiger charge is 2.04. The van der Waals surface area contributed by atoms with Gasteiger partial charge in [0.15, 0.2) is 0 Å². The summed E-state index contributed by atoms with van der Waals surface area (Å²) in [5, 5.41) is 24.7. The SMILES string of the molecule is CCCCCCCCCCOC(=O)CCCCC(=O)O.O=C(O)CCCCC(=O)O. The third-order valence-electron chi connectivity index (χ3n) is 4.31. The van der Waals surface area contributed by atoms with E-state index in [-0.39, 0.29) is 25.2 Å². The maximum Gasteiger partial charge on any atom is 0.305 e. The average molecular weight is 433 g/mol. The third kappa shape index (κ3) is 30.6. The molecule has 0 radical (unpaired) electrons. The minimum absolute atomic E-state index is 0.0628. The fraction of sp³-hybridized carbons (Fsp3) is 0.818. The van der Waals surface area contributed by atoms with E-state index in [1.54, 1.807) is 0 Å².